The number of hydrogen-bond acceptors (Lipinski definition) is 3. The van der Waals surface area contributed by atoms with Gasteiger partial charge in [-0.05, 0) is 78.3 Å². The van der Waals surface area contributed by atoms with Crippen LogP contribution in [0.15, 0.2) is 0 Å². The van der Waals surface area contributed by atoms with Crippen molar-refractivity contribution in [2.24, 2.45) is 5.92 Å². The van der Waals surface area contributed by atoms with E-state index in [0.717, 1.165) is 24.8 Å². The largest absolute Gasteiger partial charge is 0.300 e. The van der Waals surface area contributed by atoms with Crippen LogP contribution in [0, 0.1) is 17.2 Å². The first-order chi connectivity index (χ1) is 10.0. The summed E-state index contributed by atoms with van der Waals surface area (Å²) >= 11 is 0. The van der Waals surface area contributed by atoms with E-state index < -0.39 is 0 Å². The van der Waals surface area contributed by atoms with E-state index in [4.69, 9.17) is 0 Å². The van der Waals surface area contributed by atoms with Gasteiger partial charge in [0.1, 0.15) is 5.54 Å². The predicted octanol–water partition coefficient (Wildman–Crippen LogP) is 3.70. The first kappa shape index (κ1) is 16.8. The molecule has 2 fully saturated rings. The van der Waals surface area contributed by atoms with Gasteiger partial charge >= 0.3 is 0 Å². The molecule has 1 saturated heterocycles. The number of nitrogens with zero attached hydrogens (tertiary/aromatic N) is 2. The van der Waals surface area contributed by atoms with Crippen molar-refractivity contribution in [1.82, 2.24) is 10.2 Å². The molecule has 3 atom stereocenters. The first-order valence-corrected chi connectivity index (χ1v) is 8.97. The Bertz CT molecular complexity index is 360. The Labute approximate surface area is 131 Å². The van der Waals surface area contributed by atoms with Crippen LogP contribution >= 0.6 is 0 Å². The van der Waals surface area contributed by atoms with Crippen molar-refractivity contribution in [3.8, 4) is 6.07 Å². The van der Waals surface area contributed by atoms with Crippen molar-refractivity contribution < 1.29 is 0 Å². The Morgan fingerprint density at radius 2 is 2.00 bits per heavy atom. The lowest BCUT2D eigenvalue weighted by molar-refractivity contribution is 0.178. The van der Waals surface area contributed by atoms with E-state index in [-0.39, 0.29) is 5.54 Å². The quantitative estimate of drug-likeness (QED) is 0.727. The highest BCUT2D eigenvalue weighted by molar-refractivity contribution is 5.04. The second-order valence-corrected chi connectivity index (χ2v) is 7.64. The van der Waals surface area contributed by atoms with E-state index >= 15 is 0 Å². The van der Waals surface area contributed by atoms with E-state index in [9.17, 15) is 5.26 Å². The molecule has 0 amide bonds. The summed E-state index contributed by atoms with van der Waals surface area (Å²) in [5.41, 5.74) is -0.355. The maximum Gasteiger partial charge on any atom is 0.104 e. The fourth-order valence-corrected chi connectivity index (χ4v) is 4.37. The molecule has 1 N–H and O–H groups in total. The molecule has 3 unspecified atom stereocenters. The van der Waals surface area contributed by atoms with Crippen LogP contribution < -0.4 is 5.32 Å². The standard InChI is InChI=1S/C18H33N3/c1-15(2)20-18(3,14-19)11-6-7-12-21-13-10-16-8-4-5-9-17(16)21/h15-17,20H,4-13H2,1-3H3. The second-order valence-electron chi connectivity index (χ2n) is 7.64. The molecular formula is C18H33N3. The minimum Gasteiger partial charge on any atom is -0.300 e. The molecule has 120 valence electrons. The number of nitriles is 1. The zero-order valence-corrected chi connectivity index (χ0v) is 14.2. The number of rotatable bonds is 7. The Balaban J connectivity index is 1.69. The monoisotopic (exact) mass is 291 g/mol. The average Bonchev–Trinajstić information content (AvgIpc) is 2.86. The molecule has 1 aliphatic carbocycles. The molecule has 0 spiro atoms. The SMILES string of the molecule is CC(C)NC(C)(C#N)CCCCN1CCC2CCCCC21. The van der Waals surface area contributed by atoms with Crippen LogP contribution in [-0.4, -0.2) is 35.6 Å². The van der Waals surface area contributed by atoms with E-state index in [1.54, 1.807) is 0 Å². The Morgan fingerprint density at radius 1 is 1.24 bits per heavy atom. The van der Waals surface area contributed by atoms with Gasteiger partial charge < -0.3 is 4.90 Å². The summed E-state index contributed by atoms with van der Waals surface area (Å²) in [5, 5.41) is 12.8. The Kier molecular flexibility index (Phi) is 6.08. The summed E-state index contributed by atoms with van der Waals surface area (Å²) in [4.78, 5) is 2.74. The summed E-state index contributed by atoms with van der Waals surface area (Å²) < 4.78 is 0. The maximum atomic E-state index is 9.38. The topological polar surface area (TPSA) is 39.1 Å². The summed E-state index contributed by atoms with van der Waals surface area (Å²) in [6.07, 6.45) is 10.6. The van der Waals surface area contributed by atoms with Crippen molar-refractivity contribution in [2.75, 3.05) is 13.1 Å². The van der Waals surface area contributed by atoms with Crippen molar-refractivity contribution in [1.29, 1.82) is 5.26 Å². The fourth-order valence-electron chi connectivity index (χ4n) is 4.37. The molecule has 2 rings (SSSR count). The van der Waals surface area contributed by atoms with Crippen LogP contribution in [0.3, 0.4) is 0 Å². The highest BCUT2D eigenvalue weighted by atomic mass is 15.2. The van der Waals surface area contributed by atoms with Crippen LogP contribution in [0.2, 0.25) is 0 Å². The van der Waals surface area contributed by atoms with Crippen LogP contribution in [0.4, 0.5) is 0 Å². The highest BCUT2D eigenvalue weighted by Gasteiger charge is 2.35. The van der Waals surface area contributed by atoms with Crippen LogP contribution in [0.1, 0.15) is 72.1 Å². The third-order valence-electron chi connectivity index (χ3n) is 5.35. The lowest BCUT2D eigenvalue weighted by atomic mass is 9.85. The average molecular weight is 291 g/mol. The lowest BCUT2D eigenvalue weighted by Crippen LogP contribution is -2.45. The van der Waals surface area contributed by atoms with E-state index in [0.29, 0.717) is 6.04 Å². The van der Waals surface area contributed by atoms with E-state index in [2.05, 4.69) is 30.1 Å². The maximum absolute atomic E-state index is 9.38. The number of nitrogens with one attached hydrogen (secondary N) is 1. The zero-order valence-electron chi connectivity index (χ0n) is 14.2. The number of unbranched alkanes of at least 4 members (excludes halogenated alkanes) is 1. The molecule has 1 saturated carbocycles. The molecule has 1 aliphatic heterocycles. The predicted molar refractivity (Wildman–Crippen MR) is 88.1 cm³/mol. The van der Waals surface area contributed by atoms with Gasteiger partial charge in [0, 0.05) is 12.1 Å². The van der Waals surface area contributed by atoms with Crippen molar-refractivity contribution in [3.05, 3.63) is 0 Å². The van der Waals surface area contributed by atoms with Gasteiger partial charge in [-0.3, -0.25) is 5.32 Å². The molecule has 21 heavy (non-hydrogen) atoms. The molecule has 0 aromatic heterocycles. The minimum atomic E-state index is -0.355. The molecule has 0 aromatic rings. The summed E-state index contributed by atoms with van der Waals surface area (Å²) in [6, 6.07) is 3.71. The molecule has 3 heteroatoms. The highest BCUT2D eigenvalue weighted by Crippen LogP contribution is 2.36. The Morgan fingerprint density at radius 3 is 2.71 bits per heavy atom. The minimum absolute atomic E-state index is 0.355. The van der Waals surface area contributed by atoms with Crippen molar-refractivity contribution in [2.45, 2.75) is 89.8 Å². The summed E-state index contributed by atoms with van der Waals surface area (Å²) in [7, 11) is 0. The smallest absolute Gasteiger partial charge is 0.104 e. The molecule has 0 bridgehead atoms. The first-order valence-electron chi connectivity index (χ1n) is 8.97. The van der Waals surface area contributed by atoms with Gasteiger partial charge in [0.25, 0.3) is 0 Å². The second kappa shape index (κ2) is 7.61. The van der Waals surface area contributed by atoms with E-state index in [1.165, 1.54) is 51.6 Å². The number of hydrogen-bond donors (Lipinski definition) is 1. The van der Waals surface area contributed by atoms with Crippen molar-refractivity contribution >= 4 is 0 Å². The zero-order chi connectivity index (χ0) is 15.3. The van der Waals surface area contributed by atoms with Crippen LogP contribution in [0.25, 0.3) is 0 Å². The third kappa shape index (κ3) is 4.69. The Hall–Kier alpha value is -0.590. The third-order valence-corrected chi connectivity index (χ3v) is 5.35. The van der Waals surface area contributed by atoms with Crippen molar-refractivity contribution in [3.63, 3.8) is 0 Å². The lowest BCUT2D eigenvalue weighted by Gasteiger charge is -2.32. The van der Waals surface area contributed by atoms with Gasteiger partial charge in [-0.25, -0.2) is 0 Å². The fraction of sp³-hybridized carbons (Fsp3) is 0.944. The molecular weight excluding hydrogens is 258 g/mol. The molecule has 1 heterocycles. The normalized spacial score (nSPS) is 29.1. The van der Waals surface area contributed by atoms with Gasteiger partial charge in [-0.1, -0.05) is 12.8 Å². The summed E-state index contributed by atoms with van der Waals surface area (Å²) in [5.74, 6) is 0.991. The van der Waals surface area contributed by atoms with E-state index in [1.807, 2.05) is 6.92 Å². The van der Waals surface area contributed by atoms with Gasteiger partial charge in [-0.15, -0.1) is 0 Å². The van der Waals surface area contributed by atoms with Gasteiger partial charge in [0.05, 0.1) is 6.07 Å². The number of likely N-dealkylation sites (tertiary alicyclic amines) is 1. The van der Waals surface area contributed by atoms with Crippen LogP contribution in [0.5, 0.6) is 0 Å². The molecule has 0 radical (unpaired) electrons. The van der Waals surface area contributed by atoms with Gasteiger partial charge in [0.15, 0.2) is 0 Å². The summed E-state index contributed by atoms with van der Waals surface area (Å²) in [6.45, 7) is 8.82. The molecule has 0 aromatic carbocycles. The van der Waals surface area contributed by atoms with Gasteiger partial charge in [-0.2, -0.15) is 5.26 Å². The van der Waals surface area contributed by atoms with Crippen LogP contribution in [-0.2, 0) is 0 Å². The molecule has 2 aliphatic rings. The van der Waals surface area contributed by atoms with Gasteiger partial charge in [0.2, 0.25) is 0 Å². The molecule has 3 nitrogen and oxygen atoms in total. The number of fused-ring (bicyclic) bond motifs is 1.